The Morgan fingerprint density at radius 2 is 2.26 bits per heavy atom. The lowest BCUT2D eigenvalue weighted by molar-refractivity contribution is -0.122. The molecule has 1 amide bonds. The van der Waals surface area contributed by atoms with Crippen LogP contribution in [0.3, 0.4) is 0 Å². The number of aromatic nitrogens is 1. The Morgan fingerprint density at radius 3 is 3.00 bits per heavy atom. The number of amides is 1. The topological polar surface area (TPSA) is 68.0 Å². The van der Waals surface area contributed by atoms with E-state index in [1.807, 2.05) is 19.1 Å². The van der Waals surface area contributed by atoms with E-state index in [-0.39, 0.29) is 11.9 Å². The van der Waals surface area contributed by atoms with Gasteiger partial charge in [-0.25, -0.2) is 0 Å². The second-order valence-electron chi connectivity index (χ2n) is 5.46. The summed E-state index contributed by atoms with van der Waals surface area (Å²) in [6.45, 7) is 2.51. The predicted octanol–water partition coefficient (Wildman–Crippen LogP) is 1.91. The molecule has 1 heterocycles. The van der Waals surface area contributed by atoms with Crippen molar-refractivity contribution in [3.63, 3.8) is 0 Å². The van der Waals surface area contributed by atoms with E-state index in [0.29, 0.717) is 18.9 Å². The van der Waals surface area contributed by atoms with E-state index in [1.54, 1.807) is 6.20 Å². The van der Waals surface area contributed by atoms with Crippen molar-refractivity contribution in [1.82, 2.24) is 10.3 Å². The standard InChI is InChI=1S/C15H23N3O/c1-11-5-4-8-17-14(11)10-18-15(19)9-12-6-2-3-7-13(12)16/h4-5,8,12-13H,2-3,6-7,9-10,16H2,1H3,(H,18,19). The van der Waals surface area contributed by atoms with E-state index in [2.05, 4.69) is 10.3 Å². The maximum atomic E-state index is 11.9. The van der Waals surface area contributed by atoms with Gasteiger partial charge in [0.05, 0.1) is 12.2 Å². The molecular formula is C15H23N3O. The zero-order chi connectivity index (χ0) is 13.7. The summed E-state index contributed by atoms with van der Waals surface area (Å²) < 4.78 is 0. The summed E-state index contributed by atoms with van der Waals surface area (Å²) >= 11 is 0. The highest BCUT2D eigenvalue weighted by Gasteiger charge is 2.23. The highest BCUT2D eigenvalue weighted by Crippen LogP contribution is 2.25. The molecule has 4 heteroatoms. The smallest absolute Gasteiger partial charge is 0.220 e. The number of nitrogens with zero attached hydrogens (tertiary/aromatic N) is 1. The molecular weight excluding hydrogens is 238 g/mol. The first-order valence-electron chi connectivity index (χ1n) is 7.09. The molecule has 0 bridgehead atoms. The Kier molecular flexibility index (Phi) is 4.91. The van der Waals surface area contributed by atoms with Gasteiger partial charge in [0.2, 0.25) is 5.91 Å². The fraction of sp³-hybridized carbons (Fsp3) is 0.600. The average Bonchev–Trinajstić information content (AvgIpc) is 2.40. The van der Waals surface area contributed by atoms with Crippen molar-refractivity contribution in [2.24, 2.45) is 11.7 Å². The molecule has 0 saturated heterocycles. The molecule has 0 aromatic carbocycles. The summed E-state index contributed by atoms with van der Waals surface area (Å²) in [4.78, 5) is 16.2. The van der Waals surface area contributed by atoms with Crippen molar-refractivity contribution >= 4 is 5.91 Å². The lowest BCUT2D eigenvalue weighted by atomic mass is 9.83. The molecule has 0 radical (unpaired) electrons. The molecule has 1 fully saturated rings. The molecule has 1 saturated carbocycles. The van der Waals surface area contributed by atoms with Crippen LogP contribution in [0.2, 0.25) is 0 Å². The van der Waals surface area contributed by atoms with Crippen LogP contribution in [0, 0.1) is 12.8 Å². The van der Waals surface area contributed by atoms with Crippen LogP contribution in [-0.4, -0.2) is 16.9 Å². The maximum Gasteiger partial charge on any atom is 0.220 e. The van der Waals surface area contributed by atoms with Gasteiger partial charge in [-0.3, -0.25) is 9.78 Å². The third-order valence-corrected chi connectivity index (χ3v) is 3.99. The van der Waals surface area contributed by atoms with Gasteiger partial charge in [-0.15, -0.1) is 0 Å². The fourth-order valence-corrected chi connectivity index (χ4v) is 2.69. The second-order valence-corrected chi connectivity index (χ2v) is 5.46. The van der Waals surface area contributed by atoms with Crippen molar-refractivity contribution in [1.29, 1.82) is 0 Å². The maximum absolute atomic E-state index is 11.9. The zero-order valence-corrected chi connectivity index (χ0v) is 11.6. The van der Waals surface area contributed by atoms with Crippen LogP contribution in [-0.2, 0) is 11.3 Å². The SMILES string of the molecule is Cc1cccnc1CNC(=O)CC1CCCCC1N. The van der Waals surface area contributed by atoms with Crippen LogP contribution in [0.4, 0.5) is 0 Å². The summed E-state index contributed by atoms with van der Waals surface area (Å²) in [5.74, 6) is 0.436. The van der Waals surface area contributed by atoms with Gasteiger partial charge < -0.3 is 11.1 Å². The molecule has 2 rings (SSSR count). The van der Waals surface area contributed by atoms with Crippen molar-refractivity contribution < 1.29 is 4.79 Å². The van der Waals surface area contributed by atoms with E-state index in [0.717, 1.165) is 24.1 Å². The van der Waals surface area contributed by atoms with Gasteiger partial charge in [-0.05, 0) is 37.3 Å². The Labute approximate surface area is 114 Å². The van der Waals surface area contributed by atoms with Gasteiger partial charge >= 0.3 is 0 Å². The molecule has 1 aliphatic rings. The zero-order valence-electron chi connectivity index (χ0n) is 11.6. The summed E-state index contributed by atoms with van der Waals surface area (Å²) in [6.07, 6.45) is 6.84. The van der Waals surface area contributed by atoms with Crippen molar-refractivity contribution in [2.75, 3.05) is 0 Å². The molecule has 3 N–H and O–H groups in total. The Hall–Kier alpha value is -1.42. The molecule has 0 spiro atoms. The lowest BCUT2D eigenvalue weighted by Crippen LogP contribution is -2.37. The van der Waals surface area contributed by atoms with Gasteiger partial charge in [0.15, 0.2) is 0 Å². The molecule has 4 nitrogen and oxygen atoms in total. The van der Waals surface area contributed by atoms with Crippen molar-refractivity contribution in [3.8, 4) is 0 Å². The number of hydrogen-bond donors (Lipinski definition) is 2. The number of carbonyl (C=O) groups excluding carboxylic acids is 1. The first kappa shape index (κ1) is 14.0. The Balaban J connectivity index is 1.80. The van der Waals surface area contributed by atoms with Gasteiger partial charge in [-0.2, -0.15) is 0 Å². The Bertz CT molecular complexity index is 433. The number of carbonyl (C=O) groups is 1. The van der Waals surface area contributed by atoms with E-state index in [1.165, 1.54) is 12.8 Å². The number of nitrogens with two attached hydrogens (primary N) is 1. The van der Waals surface area contributed by atoms with Gasteiger partial charge in [-0.1, -0.05) is 18.9 Å². The largest absolute Gasteiger partial charge is 0.350 e. The van der Waals surface area contributed by atoms with Crippen LogP contribution < -0.4 is 11.1 Å². The quantitative estimate of drug-likeness (QED) is 0.870. The third kappa shape index (κ3) is 4.03. The van der Waals surface area contributed by atoms with E-state index >= 15 is 0 Å². The number of nitrogens with one attached hydrogen (secondary N) is 1. The fourth-order valence-electron chi connectivity index (χ4n) is 2.69. The predicted molar refractivity (Wildman–Crippen MR) is 75.4 cm³/mol. The number of pyridine rings is 1. The average molecular weight is 261 g/mol. The molecule has 1 aromatic heterocycles. The first-order valence-corrected chi connectivity index (χ1v) is 7.09. The van der Waals surface area contributed by atoms with Gasteiger partial charge in [0, 0.05) is 18.7 Å². The molecule has 104 valence electrons. The summed E-state index contributed by atoms with van der Waals surface area (Å²) in [5, 5.41) is 2.95. The summed E-state index contributed by atoms with van der Waals surface area (Å²) in [6, 6.07) is 4.10. The molecule has 19 heavy (non-hydrogen) atoms. The lowest BCUT2D eigenvalue weighted by Gasteiger charge is -2.27. The van der Waals surface area contributed by atoms with E-state index in [9.17, 15) is 4.79 Å². The second kappa shape index (κ2) is 6.66. The van der Waals surface area contributed by atoms with Crippen LogP contribution >= 0.6 is 0 Å². The van der Waals surface area contributed by atoms with Crippen molar-refractivity contribution in [2.45, 2.75) is 51.6 Å². The van der Waals surface area contributed by atoms with E-state index < -0.39 is 0 Å². The summed E-state index contributed by atoms with van der Waals surface area (Å²) in [5.41, 5.74) is 8.11. The van der Waals surface area contributed by atoms with Crippen LogP contribution in [0.1, 0.15) is 43.4 Å². The highest BCUT2D eigenvalue weighted by molar-refractivity contribution is 5.76. The van der Waals surface area contributed by atoms with E-state index in [4.69, 9.17) is 5.73 Å². The first-order chi connectivity index (χ1) is 9.16. The molecule has 2 atom stereocenters. The minimum atomic E-state index is 0.0902. The number of hydrogen-bond acceptors (Lipinski definition) is 3. The third-order valence-electron chi connectivity index (χ3n) is 3.99. The molecule has 1 aliphatic carbocycles. The highest BCUT2D eigenvalue weighted by atomic mass is 16.1. The normalized spacial score (nSPS) is 23.1. The van der Waals surface area contributed by atoms with Crippen LogP contribution in [0.15, 0.2) is 18.3 Å². The van der Waals surface area contributed by atoms with Gasteiger partial charge in [0.25, 0.3) is 0 Å². The minimum Gasteiger partial charge on any atom is -0.350 e. The van der Waals surface area contributed by atoms with Gasteiger partial charge in [0.1, 0.15) is 0 Å². The number of aryl methyl sites for hydroxylation is 1. The number of rotatable bonds is 4. The summed E-state index contributed by atoms with van der Waals surface area (Å²) in [7, 11) is 0. The molecule has 2 unspecified atom stereocenters. The monoisotopic (exact) mass is 261 g/mol. The Morgan fingerprint density at radius 1 is 1.47 bits per heavy atom. The van der Waals surface area contributed by atoms with Crippen LogP contribution in [0.5, 0.6) is 0 Å². The molecule has 0 aliphatic heterocycles. The van der Waals surface area contributed by atoms with Crippen molar-refractivity contribution in [3.05, 3.63) is 29.6 Å². The molecule has 1 aromatic rings. The minimum absolute atomic E-state index is 0.0902. The van der Waals surface area contributed by atoms with Crippen LogP contribution in [0.25, 0.3) is 0 Å².